The predicted octanol–water partition coefficient (Wildman–Crippen LogP) is 3.19. The van der Waals surface area contributed by atoms with E-state index in [1.54, 1.807) is 0 Å². The number of hydrogen-bond acceptors (Lipinski definition) is 4. The minimum Gasteiger partial charge on any atom is -0.486 e. The van der Waals surface area contributed by atoms with Crippen LogP contribution in [0.1, 0.15) is 18.9 Å². The Labute approximate surface area is 142 Å². The number of rotatable bonds is 4. The maximum atomic E-state index is 12.5. The Morgan fingerprint density at radius 2 is 2.12 bits per heavy atom. The van der Waals surface area contributed by atoms with Crippen LogP contribution < -0.4 is 20.7 Å². The number of nitrogens with zero attached hydrogens (tertiary/aromatic N) is 1. The summed E-state index contributed by atoms with van der Waals surface area (Å²) in [5, 5.41) is 2.98. The lowest BCUT2D eigenvalue weighted by atomic mass is 10.1. The first kappa shape index (κ1) is 16.2. The molecule has 3 N–H and O–H groups in total. The molecular weight excluding hydrogens is 302 g/mol. The topological polar surface area (TPSA) is 67.6 Å². The van der Waals surface area contributed by atoms with Gasteiger partial charge in [-0.2, -0.15) is 0 Å². The van der Waals surface area contributed by atoms with Gasteiger partial charge in [-0.05, 0) is 43.2 Å². The Kier molecular flexibility index (Phi) is 4.60. The van der Waals surface area contributed by atoms with Gasteiger partial charge in [-0.1, -0.05) is 25.1 Å². The van der Waals surface area contributed by atoms with Crippen LogP contribution in [0.5, 0.6) is 5.75 Å². The molecular formula is C19H23N3O2. The summed E-state index contributed by atoms with van der Waals surface area (Å²) >= 11 is 0. The van der Waals surface area contributed by atoms with E-state index in [4.69, 9.17) is 10.5 Å². The number of benzene rings is 2. The number of nitrogens with two attached hydrogens (primary N) is 1. The molecule has 2 aromatic carbocycles. The largest absolute Gasteiger partial charge is 0.486 e. The first-order valence-corrected chi connectivity index (χ1v) is 8.23. The zero-order chi connectivity index (χ0) is 17.1. The number of hydrogen-bond donors (Lipinski definition) is 2. The van der Waals surface area contributed by atoms with Gasteiger partial charge in [0.2, 0.25) is 5.91 Å². The summed E-state index contributed by atoms with van der Waals surface area (Å²) in [4.78, 5) is 14.5. The van der Waals surface area contributed by atoms with Gasteiger partial charge in [0.25, 0.3) is 0 Å². The van der Waals surface area contributed by atoms with Gasteiger partial charge in [0.15, 0.2) is 0 Å². The molecule has 1 unspecified atom stereocenters. The van der Waals surface area contributed by atoms with E-state index < -0.39 is 0 Å². The average Bonchev–Trinajstić information content (AvgIpc) is 2.57. The van der Waals surface area contributed by atoms with Crippen molar-refractivity contribution in [1.29, 1.82) is 0 Å². The molecule has 3 rings (SSSR count). The molecule has 1 aliphatic heterocycles. The van der Waals surface area contributed by atoms with Crippen LogP contribution in [0.3, 0.4) is 0 Å². The third-order valence-electron chi connectivity index (χ3n) is 4.25. The van der Waals surface area contributed by atoms with E-state index in [9.17, 15) is 4.79 Å². The SMILES string of the molecule is CCC1CN(CC(=O)Nc2ccccc2C)c2cc(N)ccc2O1. The molecule has 24 heavy (non-hydrogen) atoms. The van der Waals surface area contributed by atoms with Gasteiger partial charge in [0.05, 0.1) is 18.8 Å². The standard InChI is InChI=1S/C19H23N3O2/c1-3-15-11-22(17-10-14(20)8-9-18(17)24-15)12-19(23)21-16-7-5-4-6-13(16)2/h4-10,15H,3,11-12,20H2,1-2H3,(H,21,23). The van der Waals surface area contributed by atoms with E-state index in [0.717, 1.165) is 29.1 Å². The lowest BCUT2D eigenvalue weighted by Crippen LogP contribution is -2.43. The number of nitrogen functional groups attached to an aromatic ring is 1. The fraction of sp³-hybridized carbons (Fsp3) is 0.316. The summed E-state index contributed by atoms with van der Waals surface area (Å²) < 4.78 is 5.96. The van der Waals surface area contributed by atoms with Gasteiger partial charge in [0, 0.05) is 11.4 Å². The van der Waals surface area contributed by atoms with Gasteiger partial charge in [-0.3, -0.25) is 4.79 Å². The second-order valence-electron chi connectivity index (χ2n) is 6.12. The van der Waals surface area contributed by atoms with Gasteiger partial charge in [-0.15, -0.1) is 0 Å². The quantitative estimate of drug-likeness (QED) is 0.847. The van der Waals surface area contributed by atoms with Crippen LogP contribution in [0.25, 0.3) is 0 Å². The number of carbonyl (C=O) groups is 1. The smallest absolute Gasteiger partial charge is 0.243 e. The summed E-state index contributed by atoms with van der Waals surface area (Å²) in [7, 11) is 0. The molecule has 1 amide bonds. The summed E-state index contributed by atoms with van der Waals surface area (Å²) in [5.74, 6) is 0.736. The number of nitrogens with one attached hydrogen (secondary N) is 1. The molecule has 0 spiro atoms. The number of amides is 1. The third kappa shape index (κ3) is 3.45. The van der Waals surface area contributed by atoms with Crippen molar-refractivity contribution in [2.24, 2.45) is 0 Å². The van der Waals surface area contributed by atoms with E-state index in [2.05, 4.69) is 12.2 Å². The molecule has 0 radical (unpaired) electrons. The monoisotopic (exact) mass is 325 g/mol. The molecule has 0 saturated heterocycles. The van der Waals surface area contributed by atoms with E-state index in [1.807, 2.05) is 54.3 Å². The number of fused-ring (bicyclic) bond motifs is 1. The lowest BCUT2D eigenvalue weighted by molar-refractivity contribution is -0.115. The van der Waals surface area contributed by atoms with Gasteiger partial charge in [0.1, 0.15) is 11.9 Å². The van der Waals surface area contributed by atoms with Gasteiger partial charge in [-0.25, -0.2) is 0 Å². The Bertz CT molecular complexity index is 745. The Hall–Kier alpha value is -2.69. The highest BCUT2D eigenvalue weighted by Crippen LogP contribution is 2.35. The maximum Gasteiger partial charge on any atom is 0.243 e. The zero-order valence-corrected chi connectivity index (χ0v) is 14.1. The molecule has 5 nitrogen and oxygen atoms in total. The Morgan fingerprint density at radius 1 is 1.33 bits per heavy atom. The molecule has 2 aromatic rings. The zero-order valence-electron chi connectivity index (χ0n) is 14.1. The van der Waals surface area contributed by atoms with Crippen LogP contribution in [0.15, 0.2) is 42.5 Å². The maximum absolute atomic E-state index is 12.5. The van der Waals surface area contributed by atoms with Crippen LogP contribution in [0.2, 0.25) is 0 Å². The minimum absolute atomic E-state index is 0.0468. The van der Waals surface area contributed by atoms with E-state index in [-0.39, 0.29) is 18.6 Å². The van der Waals surface area contributed by atoms with E-state index in [1.165, 1.54) is 0 Å². The number of para-hydroxylation sites is 1. The number of carbonyl (C=O) groups excluding carboxylic acids is 1. The predicted molar refractivity (Wildman–Crippen MR) is 97.6 cm³/mol. The molecule has 1 atom stereocenters. The molecule has 0 fully saturated rings. The second-order valence-corrected chi connectivity index (χ2v) is 6.12. The van der Waals surface area contributed by atoms with Crippen LogP contribution >= 0.6 is 0 Å². The fourth-order valence-corrected chi connectivity index (χ4v) is 2.88. The highest BCUT2D eigenvalue weighted by molar-refractivity contribution is 5.95. The molecule has 1 heterocycles. The first-order valence-electron chi connectivity index (χ1n) is 8.23. The average molecular weight is 325 g/mol. The highest BCUT2D eigenvalue weighted by atomic mass is 16.5. The Morgan fingerprint density at radius 3 is 2.88 bits per heavy atom. The molecule has 0 saturated carbocycles. The van der Waals surface area contributed by atoms with Gasteiger partial charge < -0.3 is 20.7 Å². The molecule has 126 valence electrons. The van der Waals surface area contributed by atoms with Crippen molar-refractivity contribution in [3.8, 4) is 5.75 Å². The van der Waals surface area contributed by atoms with Crippen LogP contribution in [-0.4, -0.2) is 25.1 Å². The van der Waals surface area contributed by atoms with Crippen molar-refractivity contribution < 1.29 is 9.53 Å². The molecule has 0 bridgehead atoms. The molecule has 0 aliphatic carbocycles. The van der Waals surface area contributed by atoms with Crippen molar-refractivity contribution in [3.63, 3.8) is 0 Å². The summed E-state index contributed by atoms with van der Waals surface area (Å²) in [6, 6.07) is 13.3. The molecule has 0 aromatic heterocycles. The molecule has 1 aliphatic rings. The first-order chi connectivity index (χ1) is 11.6. The third-order valence-corrected chi connectivity index (χ3v) is 4.25. The summed E-state index contributed by atoms with van der Waals surface area (Å²) in [6.45, 7) is 5.00. The minimum atomic E-state index is -0.0468. The Balaban J connectivity index is 1.77. The van der Waals surface area contributed by atoms with Crippen molar-refractivity contribution >= 4 is 23.0 Å². The van der Waals surface area contributed by atoms with Crippen LogP contribution in [0.4, 0.5) is 17.1 Å². The van der Waals surface area contributed by atoms with Crippen LogP contribution in [-0.2, 0) is 4.79 Å². The van der Waals surface area contributed by atoms with E-state index >= 15 is 0 Å². The van der Waals surface area contributed by atoms with Crippen molar-refractivity contribution in [2.45, 2.75) is 26.4 Å². The normalized spacial score (nSPS) is 16.2. The summed E-state index contributed by atoms with van der Waals surface area (Å²) in [5.41, 5.74) is 9.33. The van der Waals surface area contributed by atoms with Crippen molar-refractivity contribution in [1.82, 2.24) is 0 Å². The van der Waals surface area contributed by atoms with Crippen LogP contribution in [0, 0.1) is 6.92 Å². The molecule has 5 heteroatoms. The van der Waals surface area contributed by atoms with Crippen molar-refractivity contribution in [2.75, 3.05) is 29.0 Å². The number of aryl methyl sites for hydroxylation is 1. The number of anilines is 3. The van der Waals surface area contributed by atoms with E-state index in [0.29, 0.717) is 12.2 Å². The summed E-state index contributed by atoms with van der Waals surface area (Å²) in [6.07, 6.45) is 0.965. The number of ether oxygens (including phenoxy) is 1. The fourth-order valence-electron chi connectivity index (χ4n) is 2.88. The van der Waals surface area contributed by atoms with Gasteiger partial charge >= 0.3 is 0 Å². The second kappa shape index (κ2) is 6.83. The van der Waals surface area contributed by atoms with Crippen molar-refractivity contribution in [3.05, 3.63) is 48.0 Å². The highest BCUT2D eigenvalue weighted by Gasteiger charge is 2.26. The lowest BCUT2D eigenvalue weighted by Gasteiger charge is -2.35.